The minimum Gasteiger partial charge on any atom is -0.496 e. The van der Waals surface area contributed by atoms with E-state index in [0.717, 1.165) is 22.4 Å². The van der Waals surface area contributed by atoms with Crippen molar-refractivity contribution in [3.8, 4) is 17.2 Å². The Balaban J connectivity index is 1.59. The Bertz CT molecular complexity index is 959. The first kappa shape index (κ1) is 21.0. The second-order valence-corrected chi connectivity index (χ2v) is 7.48. The van der Waals surface area contributed by atoms with Crippen LogP contribution in [0.15, 0.2) is 71.8 Å². The number of nitrogens with zero attached hydrogens (tertiary/aromatic N) is 1. The number of hydrazone groups is 1. The van der Waals surface area contributed by atoms with Crippen LogP contribution in [0.25, 0.3) is 0 Å². The number of methoxy groups -OCH3 is 2. The van der Waals surface area contributed by atoms with Crippen LogP contribution < -0.4 is 19.6 Å². The molecule has 5 nitrogen and oxygen atoms in total. The van der Waals surface area contributed by atoms with Gasteiger partial charge in [0.25, 0.3) is 0 Å². The molecule has 0 bridgehead atoms. The predicted molar refractivity (Wildman–Crippen MR) is 124 cm³/mol. The highest BCUT2D eigenvalue weighted by Crippen LogP contribution is 2.28. The maximum Gasteiger partial charge on any atom is 0.161 e. The smallest absolute Gasteiger partial charge is 0.161 e. The van der Waals surface area contributed by atoms with Gasteiger partial charge in [0.2, 0.25) is 0 Å². The van der Waals surface area contributed by atoms with Crippen molar-refractivity contribution in [1.29, 1.82) is 0 Å². The minimum atomic E-state index is 0.487. The van der Waals surface area contributed by atoms with E-state index in [-0.39, 0.29) is 0 Å². The zero-order chi connectivity index (χ0) is 20.5. The number of para-hydroxylation sites is 1. The van der Waals surface area contributed by atoms with E-state index in [9.17, 15) is 0 Å². The molecule has 29 heavy (non-hydrogen) atoms. The molecule has 0 atom stereocenters. The number of benzene rings is 3. The number of nitrogens with one attached hydrogen (secondary N) is 1. The van der Waals surface area contributed by atoms with Gasteiger partial charge in [0, 0.05) is 9.13 Å². The highest BCUT2D eigenvalue weighted by molar-refractivity contribution is 14.1. The van der Waals surface area contributed by atoms with E-state index in [0.29, 0.717) is 24.7 Å². The zero-order valence-corrected chi connectivity index (χ0v) is 18.5. The molecule has 0 aromatic heterocycles. The summed E-state index contributed by atoms with van der Waals surface area (Å²) >= 11 is 2.29. The Hall–Kier alpha value is -2.74. The number of hydrogen-bond acceptors (Lipinski definition) is 5. The average Bonchev–Trinajstić information content (AvgIpc) is 2.77. The number of rotatable bonds is 9. The van der Waals surface area contributed by atoms with Crippen LogP contribution in [-0.4, -0.2) is 20.4 Å². The topological polar surface area (TPSA) is 52.1 Å². The summed E-state index contributed by atoms with van der Waals surface area (Å²) in [4.78, 5) is 0. The van der Waals surface area contributed by atoms with Gasteiger partial charge in [0.05, 0.1) is 27.0 Å². The first-order valence-corrected chi connectivity index (χ1v) is 10.2. The molecule has 0 spiro atoms. The van der Waals surface area contributed by atoms with Crippen molar-refractivity contribution >= 4 is 28.8 Å². The molecule has 0 aliphatic heterocycles. The van der Waals surface area contributed by atoms with Crippen molar-refractivity contribution in [2.45, 2.75) is 13.2 Å². The van der Waals surface area contributed by atoms with Crippen molar-refractivity contribution < 1.29 is 14.2 Å². The van der Waals surface area contributed by atoms with Crippen molar-refractivity contribution in [2.75, 3.05) is 14.2 Å². The Morgan fingerprint density at radius 3 is 2.41 bits per heavy atom. The lowest BCUT2D eigenvalue weighted by Gasteiger charge is -2.11. The lowest BCUT2D eigenvalue weighted by atomic mass is 10.2. The number of hydrogen-bond donors (Lipinski definition) is 1. The van der Waals surface area contributed by atoms with Crippen molar-refractivity contribution in [2.24, 2.45) is 5.10 Å². The lowest BCUT2D eigenvalue weighted by molar-refractivity contribution is 0.284. The Morgan fingerprint density at radius 2 is 1.66 bits per heavy atom. The first-order valence-electron chi connectivity index (χ1n) is 9.12. The minimum absolute atomic E-state index is 0.487. The summed E-state index contributed by atoms with van der Waals surface area (Å²) in [5, 5.41) is 4.29. The van der Waals surface area contributed by atoms with Crippen LogP contribution in [0.2, 0.25) is 0 Å². The van der Waals surface area contributed by atoms with E-state index < -0.39 is 0 Å². The molecule has 0 aliphatic rings. The van der Waals surface area contributed by atoms with Gasteiger partial charge in [-0.1, -0.05) is 30.3 Å². The fraction of sp³-hybridized carbons (Fsp3) is 0.174. The molecule has 3 aromatic carbocycles. The summed E-state index contributed by atoms with van der Waals surface area (Å²) in [6.07, 6.45) is 1.75. The molecule has 0 aliphatic carbocycles. The van der Waals surface area contributed by atoms with Gasteiger partial charge in [-0.15, -0.1) is 0 Å². The fourth-order valence-corrected chi connectivity index (χ4v) is 3.09. The zero-order valence-electron chi connectivity index (χ0n) is 16.4. The van der Waals surface area contributed by atoms with Crippen molar-refractivity contribution in [3.63, 3.8) is 0 Å². The van der Waals surface area contributed by atoms with Crippen LogP contribution in [0.4, 0.5) is 0 Å². The molecule has 0 radical (unpaired) electrons. The summed E-state index contributed by atoms with van der Waals surface area (Å²) < 4.78 is 17.9. The van der Waals surface area contributed by atoms with E-state index in [2.05, 4.69) is 57.4 Å². The first-order chi connectivity index (χ1) is 14.2. The molecule has 150 valence electrons. The molecular weight excluding hydrogens is 479 g/mol. The quantitative estimate of drug-likeness (QED) is 0.254. The highest BCUT2D eigenvalue weighted by atomic mass is 127. The maximum absolute atomic E-state index is 5.92. The Morgan fingerprint density at radius 1 is 0.897 bits per heavy atom. The van der Waals surface area contributed by atoms with Crippen LogP contribution in [0.5, 0.6) is 17.2 Å². The summed E-state index contributed by atoms with van der Waals surface area (Å²) in [6, 6.07) is 21.8. The number of halogens is 1. The summed E-state index contributed by atoms with van der Waals surface area (Å²) in [5.74, 6) is 2.21. The molecule has 6 heteroatoms. The summed E-state index contributed by atoms with van der Waals surface area (Å²) in [7, 11) is 3.30. The molecule has 0 amide bonds. The van der Waals surface area contributed by atoms with E-state index in [1.54, 1.807) is 20.4 Å². The van der Waals surface area contributed by atoms with E-state index in [4.69, 9.17) is 14.2 Å². The highest BCUT2D eigenvalue weighted by Gasteiger charge is 2.06. The van der Waals surface area contributed by atoms with Gasteiger partial charge >= 0.3 is 0 Å². The van der Waals surface area contributed by atoms with E-state index in [1.807, 2.05) is 42.5 Å². The van der Waals surface area contributed by atoms with E-state index >= 15 is 0 Å². The molecule has 0 fully saturated rings. The Labute approximate surface area is 184 Å². The molecule has 0 unspecified atom stereocenters. The second-order valence-electron chi connectivity index (χ2n) is 6.23. The fourth-order valence-electron chi connectivity index (χ4n) is 2.73. The lowest BCUT2D eigenvalue weighted by Crippen LogP contribution is -2.07. The third kappa shape index (κ3) is 6.12. The van der Waals surface area contributed by atoms with Crippen molar-refractivity contribution in [1.82, 2.24) is 5.43 Å². The third-order valence-electron chi connectivity index (χ3n) is 4.26. The van der Waals surface area contributed by atoms with Crippen LogP contribution >= 0.6 is 22.6 Å². The largest absolute Gasteiger partial charge is 0.496 e. The van der Waals surface area contributed by atoms with Gasteiger partial charge in [-0.05, 0) is 70.1 Å². The van der Waals surface area contributed by atoms with Crippen molar-refractivity contribution in [3.05, 3.63) is 87.0 Å². The number of ether oxygens (including phenoxy) is 3. The van der Waals surface area contributed by atoms with Gasteiger partial charge in [0.1, 0.15) is 12.4 Å². The molecule has 3 aromatic rings. The third-order valence-corrected chi connectivity index (χ3v) is 4.98. The monoisotopic (exact) mass is 502 g/mol. The molecule has 3 rings (SSSR count). The van der Waals surface area contributed by atoms with Crippen LogP contribution in [0.1, 0.15) is 16.7 Å². The molecule has 0 saturated heterocycles. The summed E-state index contributed by atoms with van der Waals surface area (Å²) in [5.41, 5.74) is 6.11. The van der Waals surface area contributed by atoms with Gasteiger partial charge in [-0.2, -0.15) is 5.10 Å². The molecular formula is C23H23IN2O3. The molecule has 0 heterocycles. The predicted octanol–water partition coefficient (Wildman–Crippen LogP) is 5.01. The van der Waals surface area contributed by atoms with E-state index in [1.165, 1.54) is 3.57 Å². The SMILES string of the molecule is COc1ccccc1CN/N=C/c1ccc(OCc2ccc(I)cc2)c(OC)c1. The molecule has 0 saturated carbocycles. The van der Waals surface area contributed by atoms with Crippen LogP contribution in [0.3, 0.4) is 0 Å². The normalized spacial score (nSPS) is 10.7. The standard InChI is InChI=1S/C23H23IN2O3/c1-27-21-6-4-3-5-19(21)15-26-25-14-18-9-12-22(23(13-18)28-2)29-16-17-7-10-20(24)11-8-17/h3-14,26H,15-16H2,1-2H3/b25-14+. The second kappa shape index (κ2) is 10.7. The average molecular weight is 502 g/mol. The Kier molecular flexibility index (Phi) is 7.75. The van der Waals surface area contributed by atoms with Crippen LogP contribution in [0, 0.1) is 3.57 Å². The van der Waals surface area contributed by atoms with Gasteiger partial charge < -0.3 is 19.6 Å². The maximum atomic E-state index is 5.92. The summed E-state index contributed by atoms with van der Waals surface area (Å²) in [6.45, 7) is 1.07. The van der Waals surface area contributed by atoms with Crippen LogP contribution in [-0.2, 0) is 13.2 Å². The van der Waals surface area contributed by atoms with Gasteiger partial charge in [-0.3, -0.25) is 0 Å². The van der Waals surface area contributed by atoms with Gasteiger partial charge in [-0.25, -0.2) is 0 Å². The molecule has 1 N–H and O–H groups in total. The van der Waals surface area contributed by atoms with Gasteiger partial charge in [0.15, 0.2) is 11.5 Å².